The third-order valence-electron chi connectivity index (χ3n) is 3.79. The van der Waals surface area contributed by atoms with Gasteiger partial charge in [0.2, 0.25) is 0 Å². The van der Waals surface area contributed by atoms with E-state index in [9.17, 15) is 0 Å². The molecule has 0 aromatic carbocycles. The first-order valence-corrected chi connectivity index (χ1v) is 8.62. The van der Waals surface area contributed by atoms with Crippen molar-refractivity contribution in [1.82, 2.24) is 9.97 Å². The van der Waals surface area contributed by atoms with E-state index in [0.717, 1.165) is 31.3 Å². The molecule has 0 unspecified atom stereocenters. The van der Waals surface area contributed by atoms with Crippen LogP contribution < -0.4 is 4.90 Å². The Hall–Kier alpha value is -0.640. The monoisotopic (exact) mass is 325 g/mol. The summed E-state index contributed by atoms with van der Waals surface area (Å²) in [5.41, 5.74) is 2.70. The number of rotatable bonds is 6. The number of fused-ring (bicyclic) bond motifs is 1. The zero-order valence-electron chi connectivity index (χ0n) is 11.9. The maximum absolute atomic E-state index is 4.60. The van der Waals surface area contributed by atoms with Crippen molar-refractivity contribution in [3.63, 3.8) is 0 Å². The number of nitrogens with zero attached hydrogens (tertiary/aromatic N) is 3. The van der Waals surface area contributed by atoms with E-state index in [-0.39, 0.29) is 0 Å². The van der Waals surface area contributed by atoms with Crippen LogP contribution in [0.5, 0.6) is 0 Å². The van der Waals surface area contributed by atoms with Gasteiger partial charge in [-0.1, -0.05) is 35.7 Å². The highest BCUT2D eigenvalue weighted by molar-refractivity contribution is 9.09. The van der Waals surface area contributed by atoms with Crippen molar-refractivity contribution in [3.8, 4) is 0 Å². The fraction of sp³-hybridized carbons (Fsp3) is 0.733. The molecule has 0 atom stereocenters. The van der Waals surface area contributed by atoms with E-state index in [2.05, 4.69) is 37.7 Å². The third-order valence-corrected chi connectivity index (χ3v) is 4.14. The van der Waals surface area contributed by atoms with Crippen molar-refractivity contribution in [1.29, 1.82) is 0 Å². The third kappa shape index (κ3) is 3.91. The van der Waals surface area contributed by atoms with Gasteiger partial charge in [0, 0.05) is 29.7 Å². The highest BCUT2D eigenvalue weighted by Crippen LogP contribution is 2.26. The number of hydrogen-bond acceptors (Lipinski definition) is 3. The molecule has 0 bridgehead atoms. The fourth-order valence-electron chi connectivity index (χ4n) is 2.73. The lowest BCUT2D eigenvalue weighted by atomic mass is 10.1. The van der Waals surface area contributed by atoms with E-state index >= 15 is 0 Å². The highest BCUT2D eigenvalue weighted by Gasteiger charge is 2.18. The molecule has 19 heavy (non-hydrogen) atoms. The molecular formula is C15H24BrN3. The molecule has 4 heteroatoms. The molecule has 1 aromatic heterocycles. The summed E-state index contributed by atoms with van der Waals surface area (Å²) in [6, 6.07) is 0. The zero-order valence-corrected chi connectivity index (χ0v) is 13.5. The molecule has 1 aromatic rings. The highest BCUT2D eigenvalue weighted by atomic mass is 79.9. The first kappa shape index (κ1) is 14.8. The Morgan fingerprint density at radius 3 is 2.79 bits per heavy atom. The molecule has 0 fully saturated rings. The smallest absolute Gasteiger partial charge is 0.135 e. The Morgan fingerprint density at radius 2 is 2.00 bits per heavy atom. The molecule has 0 spiro atoms. The summed E-state index contributed by atoms with van der Waals surface area (Å²) in [5, 5.41) is 0.996. The quantitative estimate of drug-likeness (QED) is 0.589. The Morgan fingerprint density at radius 1 is 1.16 bits per heavy atom. The van der Waals surface area contributed by atoms with Gasteiger partial charge in [0.1, 0.15) is 12.1 Å². The second-order valence-electron chi connectivity index (χ2n) is 5.21. The molecule has 1 aliphatic rings. The number of unbranched alkanes of at least 4 members (excludes halogenated alkanes) is 1. The van der Waals surface area contributed by atoms with Crippen LogP contribution in [0.25, 0.3) is 0 Å². The van der Waals surface area contributed by atoms with Gasteiger partial charge in [-0.05, 0) is 32.1 Å². The standard InChI is InChI=1S/C15H24BrN3/c1-2-3-10-19(11-9-16)15-13-7-5-4-6-8-14(13)17-12-18-15/h12H,2-11H2,1H3. The topological polar surface area (TPSA) is 29.0 Å². The molecule has 3 nitrogen and oxygen atoms in total. The van der Waals surface area contributed by atoms with Crippen LogP contribution in [0.4, 0.5) is 5.82 Å². The molecule has 1 heterocycles. The summed E-state index contributed by atoms with van der Waals surface area (Å²) in [4.78, 5) is 11.5. The Kier molecular flexibility index (Phi) is 6.08. The molecule has 0 amide bonds. The van der Waals surface area contributed by atoms with Crippen molar-refractivity contribution in [2.75, 3.05) is 23.3 Å². The first-order chi connectivity index (χ1) is 9.36. The molecule has 0 aliphatic heterocycles. The molecule has 1 aliphatic carbocycles. The van der Waals surface area contributed by atoms with Crippen molar-refractivity contribution in [2.45, 2.75) is 51.9 Å². The van der Waals surface area contributed by atoms with Gasteiger partial charge in [-0.3, -0.25) is 0 Å². The van der Waals surface area contributed by atoms with Crippen molar-refractivity contribution < 1.29 is 0 Å². The van der Waals surface area contributed by atoms with E-state index in [1.54, 1.807) is 6.33 Å². The minimum Gasteiger partial charge on any atom is -0.355 e. The van der Waals surface area contributed by atoms with Crippen LogP contribution in [0.1, 0.15) is 50.3 Å². The molecule has 0 radical (unpaired) electrons. The van der Waals surface area contributed by atoms with Crippen LogP contribution in [-0.2, 0) is 12.8 Å². The molecule has 0 saturated carbocycles. The molecule has 2 rings (SSSR count). The van der Waals surface area contributed by atoms with Crippen molar-refractivity contribution >= 4 is 21.7 Å². The van der Waals surface area contributed by atoms with E-state index in [1.807, 2.05) is 0 Å². The van der Waals surface area contributed by atoms with Gasteiger partial charge < -0.3 is 4.90 Å². The van der Waals surface area contributed by atoms with Crippen molar-refractivity contribution in [2.24, 2.45) is 0 Å². The second kappa shape index (κ2) is 7.83. The number of hydrogen-bond donors (Lipinski definition) is 0. The van der Waals surface area contributed by atoms with Crippen molar-refractivity contribution in [3.05, 3.63) is 17.6 Å². The Balaban J connectivity index is 2.25. The molecule has 0 N–H and O–H groups in total. The van der Waals surface area contributed by atoms with E-state index in [1.165, 1.54) is 49.2 Å². The Labute approximate surface area is 125 Å². The minimum absolute atomic E-state index is 0.996. The largest absolute Gasteiger partial charge is 0.355 e. The normalized spacial score (nSPS) is 14.8. The summed E-state index contributed by atoms with van der Waals surface area (Å²) in [6.07, 6.45) is 10.4. The van der Waals surface area contributed by atoms with Gasteiger partial charge >= 0.3 is 0 Å². The van der Waals surface area contributed by atoms with Gasteiger partial charge in [0.05, 0.1) is 0 Å². The first-order valence-electron chi connectivity index (χ1n) is 7.50. The predicted octanol–water partition coefficient (Wildman–Crippen LogP) is 3.75. The average Bonchev–Trinajstić information content (AvgIpc) is 2.68. The number of aryl methyl sites for hydroxylation is 1. The number of halogens is 1. The van der Waals surface area contributed by atoms with E-state index in [0.29, 0.717) is 0 Å². The number of alkyl halides is 1. The van der Waals surface area contributed by atoms with Gasteiger partial charge in [0.15, 0.2) is 0 Å². The lowest BCUT2D eigenvalue weighted by Gasteiger charge is -2.25. The van der Waals surface area contributed by atoms with Gasteiger partial charge in [0.25, 0.3) is 0 Å². The summed E-state index contributed by atoms with van der Waals surface area (Å²) < 4.78 is 0. The minimum atomic E-state index is 0.996. The lowest BCUT2D eigenvalue weighted by Crippen LogP contribution is -2.29. The zero-order chi connectivity index (χ0) is 13.5. The molecule has 106 valence electrons. The summed E-state index contributed by atoms with van der Waals surface area (Å²) in [6.45, 7) is 4.38. The van der Waals surface area contributed by atoms with Gasteiger partial charge in [-0.15, -0.1) is 0 Å². The average molecular weight is 326 g/mol. The van der Waals surface area contributed by atoms with Gasteiger partial charge in [-0.25, -0.2) is 9.97 Å². The lowest BCUT2D eigenvalue weighted by molar-refractivity contribution is 0.704. The van der Waals surface area contributed by atoms with E-state index in [4.69, 9.17) is 0 Å². The van der Waals surface area contributed by atoms with Crippen LogP contribution in [0.15, 0.2) is 6.33 Å². The molecular weight excluding hydrogens is 302 g/mol. The van der Waals surface area contributed by atoms with Crippen LogP contribution in [0.3, 0.4) is 0 Å². The van der Waals surface area contributed by atoms with Crippen LogP contribution >= 0.6 is 15.9 Å². The fourth-order valence-corrected chi connectivity index (χ4v) is 3.16. The summed E-state index contributed by atoms with van der Waals surface area (Å²) in [7, 11) is 0. The molecule has 0 saturated heterocycles. The summed E-state index contributed by atoms with van der Waals surface area (Å²) >= 11 is 3.57. The number of anilines is 1. The SMILES string of the molecule is CCCCN(CCBr)c1ncnc2c1CCCCC2. The summed E-state index contributed by atoms with van der Waals surface area (Å²) in [5.74, 6) is 1.19. The number of aromatic nitrogens is 2. The second-order valence-corrected chi connectivity index (χ2v) is 6.01. The predicted molar refractivity (Wildman–Crippen MR) is 84.2 cm³/mol. The maximum Gasteiger partial charge on any atom is 0.135 e. The Bertz CT molecular complexity index is 395. The van der Waals surface area contributed by atoms with E-state index < -0.39 is 0 Å². The van der Waals surface area contributed by atoms with Crippen LogP contribution in [0, 0.1) is 0 Å². The van der Waals surface area contributed by atoms with Crippen LogP contribution in [-0.4, -0.2) is 28.4 Å². The maximum atomic E-state index is 4.60. The van der Waals surface area contributed by atoms with Gasteiger partial charge in [-0.2, -0.15) is 0 Å². The van der Waals surface area contributed by atoms with Crippen LogP contribution in [0.2, 0.25) is 0 Å².